The summed E-state index contributed by atoms with van der Waals surface area (Å²) in [6.07, 6.45) is 6.02. The first-order chi connectivity index (χ1) is 16.9. The Morgan fingerprint density at radius 3 is 2.63 bits per heavy atom. The van der Waals surface area contributed by atoms with Gasteiger partial charge in [0.2, 0.25) is 5.43 Å². The molecule has 0 saturated carbocycles. The second-order valence-corrected chi connectivity index (χ2v) is 9.98. The Morgan fingerprint density at radius 1 is 1.23 bits per heavy atom. The van der Waals surface area contributed by atoms with E-state index < -0.39 is 17.1 Å². The van der Waals surface area contributed by atoms with Crippen molar-refractivity contribution in [3.8, 4) is 16.3 Å². The number of aromatic hydroxyl groups is 1. The fourth-order valence-corrected chi connectivity index (χ4v) is 5.76. The zero-order chi connectivity index (χ0) is 24.7. The summed E-state index contributed by atoms with van der Waals surface area (Å²) in [5.74, 6) is -0.446. The molecule has 0 radical (unpaired) electrons. The number of likely N-dealkylation sites (tertiary alicyclic amines) is 1. The lowest BCUT2D eigenvalue weighted by atomic mass is 10.1. The molecule has 2 aliphatic heterocycles. The molecule has 182 valence electrons. The monoisotopic (exact) mass is 495 g/mol. The number of thiazole rings is 1. The van der Waals surface area contributed by atoms with Crippen LogP contribution in [0.5, 0.6) is 5.75 Å². The number of fused-ring (bicyclic) bond motifs is 1. The summed E-state index contributed by atoms with van der Waals surface area (Å²) < 4.78 is 14.9. The van der Waals surface area contributed by atoms with Gasteiger partial charge in [0.05, 0.1) is 12.1 Å². The summed E-state index contributed by atoms with van der Waals surface area (Å²) in [4.78, 5) is 39.8. The second kappa shape index (κ2) is 9.26. The molecule has 0 bridgehead atoms. The zero-order valence-electron chi connectivity index (χ0n) is 19.6. The number of rotatable bonds is 4. The molecule has 2 aromatic heterocycles. The van der Waals surface area contributed by atoms with Gasteiger partial charge in [0, 0.05) is 50.9 Å². The van der Waals surface area contributed by atoms with E-state index in [0.29, 0.717) is 18.0 Å². The van der Waals surface area contributed by atoms with Crippen LogP contribution in [0.2, 0.25) is 0 Å². The molecule has 1 amide bonds. The molecule has 1 saturated heterocycles. The van der Waals surface area contributed by atoms with Crippen molar-refractivity contribution in [2.24, 2.45) is 4.99 Å². The van der Waals surface area contributed by atoms with E-state index in [1.807, 2.05) is 0 Å². The van der Waals surface area contributed by atoms with Gasteiger partial charge in [-0.25, -0.2) is 9.37 Å². The van der Waals surface area contributed by atoms with E-state index in [0.717, 1.165) is 42.2 Å². The molecule has 2 aliphatic rings. The summed E-state index contributed by atoms with van der Waals surface area (Å²) in [6.45, 7) is 2.17. The highest BCUT2D eigenvalue weighted by atomic mass is 32.1. The minimum absolute atomic E-state index is 0.0162. The molecule has 5 rings (SSSR count). The number of pyridine rings is 1. The summed E-state index contributed by atoms with van der Waals surface area (Å²) in [6, 6.07) is 5.93. The predicted octanol–water partition coefficient (Wildman–Crippen LogP) is 2.99. The highest BCUT2D eigenvalue weighted by molar-refractivity contribution is 7.15. The van der Waals surface area contributed by atoms with Gasteiger partial charge in [-0.1, -0.05) is 12.1 Å². The number of hydrogen-bond donors (Lipinski definition) is 1. The van der Waals surface area contributed by atoms with Gasteiger partial charge in [0.15, 0.2) is 11.4 Å². The van der Waals surface area contributed by atoms with E-state index in [4.69, 9.17) is 0 Å². The van der Waals surface area contributed by atoms with Crippen LogP contribution in [0.3, 0.4) is 0 Å². The van der Waals surface area contributed by atoms with Crippen LogP contribution in [0.1, 0.15) is 33.8 Å². The van der Waals surface area contributed by atoms with Gasteiger partial charge in [-0.2, -0.15) is 0 Å². The zero-order valence-corrected chi connectivity index (χ0v) is 20.4. The standard InChI is InChI=1S/C25H26FN5O3S/c1-27-23(30-9-3-4-10-30)19-14-31-13-18(21(32)22(33)20(31)25(34)29(19)2)24-28-12-17(35-24)11-15-5-7-16(26)8-6-15/h5-8,12-13,19,33H,3-4,9-11,14H2,1-2H3. The number of halogens is 1. The first-order valence-electron chi connectivity index (χ1n) is 11.5. The Morgan fingerprint density at radius 2 is 1.94 bits per heavy atom. The highest BCUT2D eigenvalue weighted by Gasteiger charge is 2.38. The van der Waals surface area contributed by atoms with Gasteiger partial charge < -0.3 is 19.5 Å². The predicted molar refractivity (Wildman–Crippen MR) is 133 cm³/mol. The van der Waals surface area contributed by atoms with Crippen LogP contribution < -0.4 is 5.43 Å². The Kier molecular flexibility index (Phi) is 6.14. The van der Waals surface area contributed by atoms with Gasteiger partial charge in [0.1, 0.15) is 22.7 Å². The number of benzene rings is 1. The molecule has 3 aromatic rings. The third-order valence-electron chi connectivity index (χ3n) is 6.65. The first kappa shape index (κ1) is 23.2. The third kappa shape index (κ3) is 4.22. The summed E-state index contributed by atoms with van der Waals surface area (Å²) >= 11 is 1.34. The number of amidine groups is 1. The van der Waals surface area contributed by atoms with Gasteiger partial charge in [-0.05, 0) is 30.5 Å². The van der Waals surface area contributed by atoms with Crippen molar-refractivity contribution in [1.82, 2.24) is 19.4 Å². The van der Waals surface area contributed by atoms with E-state index in [1.165, 1.54) is 23.5 Å². The molecule has 10 heteroatoms. The van der Waals surface area contributed by atoms with Crippen molar-refractivity contribution < 1.29 is 14.3 Å². The van der Waals surface area contributed by atoms with Crippen LogP contribution in [-0.4, -0.2) is 69.4 Å². The molecule has 8 nitrogen and oxygen atoms in total. The molecule has 1 unspecified atom stereocenters. The van der Waals surface area contributed by atoms with Gasteiger partial charge in [0.25, 0.3) is 5.91 Å². The lowest BCUT2D eigenvalue weighted by Gasteiger charge is -2.38. The topological polar surface area (TPSA) is 91.0 Å². The number of carbonyl (C=O) groups is 1. The summed E-state index contributed by atoms with van der Waals surface area (Å²) in [7, 11) is 3.41. The molecule has 0 aliphatic carbocycles. The van der Waals surface area contributed by atoms with Crippen LogP contribution in [-0.2, 0) is 13.0 Å². The molecule has 1 N–H and O–H groups in total. The van der Waals surface area contributed by atoms with Crippen molar-refractivity contribution >= 4 is 23.1 Å². The van der Waals surface area contributed by atoms with Crippen LogP contribution in [0.25, 0.3) is 10.6 Å². The number of aromatic nitrogens is 2. The summed E-state index contributed by atoms with van der Waals surface area (Å²) in [5, 5.41) is 11.2. The second-order valence-electron chi connectivity index (χ2n) is 8.86. The highest BCUT2D eigenvalue weighted by Crippen LogP contribution is 2.30. The Hall–Kier alpha value is -3.53. The average Bonchev–Trinajstić information content (AvgIpc) is 3.54. The van der Waals surface area contributed by atoms with Crippen molar-refractivity contribution in [2.45, 2.75) is 31.8 Å². The molecule has 1 aromatic carbocycles. The quantitative estimate of drug-likeness (QED) is 0.444. The normalized spacial score (nSPS) is 18.3. The van der Waals surface area contributed by atoms with Gasteiger partial charge >= 0.3 is 0 Å². The minimum atomic E-state index is -0.622. The van der Waals surface area contributed by atoms with E-state index in [1.54, 1.807) is 48.1 Å². The van der Waals surface area contributed by atoms with E-state index >= 15 is 0 Å². The Labute approximate surface area is 206 Å². The van der Waals surface area contributed by atoms with E-state index in [-0.39, 0.29) is 23.1 Å². The molecule has 4 heterocycles. The summed E-state index contributed by atoms with van der Waals surface area (Å²) in [5.41, 5.74) is 0.533. The molecular weight excluding hydrogens is 469 g/mol. The number of hydrogen-bond acceptors (Lipinski definition) is 6. The smallest absolute Gasteiger partial charge is 0.274 e. The van der Waals surface area contributed by atoms with E-state index in [2.05, 4.69) is 14.9 Å². The van der Waals surface area contributed by atoms with Crippen molar-refractivity contribution in [3.63, 3.8) is 0 Å². The number of amides is 1. The first-order valence-corrected chi connectivity index (χ1v) is 12.3. The average molecular weight is 496 g/mol. The maximum atomic E-state index is 13.2. The fourth-order valence-electron chi connectivity index (χ4n) is 4.81. The van der Waals surface area contributed by atoms with Crippen molar-refractivity contribution in [3.05, 3.63) is 68.8 Å². The lowest BCUT2D eigenvalue weighted by Crippen LogP contribution is -2.54. The molecule has 35 heavy (non-hydrogen) atoms. The van der Waals surface area contributed by atoms with Crippen molar-refractivity contribution in [1.29, 1.82) is 0 Å². The lowest BCUT2D eigenvalue weighted by molar-refractivity contribution is 0.0696. The third-order valence-corrected chi connectivity index (χ3v) is 7.68. The maximum Gasteiger partial charge on any atom is 0.274 e. The largest absolute Gasteiger partial charge is 0.503 e. The number of aliphatic imine (C=N–C) groups is 1. The molecule has 0 spiro atoms. The number of nitrogens with zero attached hydrogens (tertiary/aromatic N) is 5. The van der Waals surface area contributed by atoms with Gasteiger partial charge in [-0.15, -0.1) is 11.3 Å². The number of carbonyl (C=O) groups excluding carboxylic acids is 1. The molecular formula is C25H26FN5O3S. The van der Waals surface area contributed by atoms with Crippen LogP contribution in [0.4, 0.5) is 4.39 Å². The van der Waals surface area contributed by atoms with Gasteiger partial charge in [-0.3, -0.25) is 14.6 Å². The number of likely N-dealkylation sites (N-methyl/N-ethyl adjacent to an activating group) is 1. The SMILES string of the molecule is CN=C(C1Cn2cc(-c3ncc(Cc4ccc(F)cc4)s3)c(=O)c(O)c2C(=O)N1C)N1CCCC1. The van der Waals surface area contributed by atoms with Crippen LogP contribution in [0, 0.1) is 5.82 Å². The molecule has 1 atom stereocenters. The Balaban J connectivity index is 1.49. The van der Waals surface area contributed by atoms with Crippen LogP contribution in [0.15, 0.2) is 46.4 Å². The van der Waals surface area contributed by atoms with Crippen molar-refractivity contribution in [2.75, 3.05) is 27.2 Å². The minimum Gasteiger partial charge on any atom is -0.503 e. The van der Waals surface area contributed by atoms with Crippen LogP contribution >= 0.6 is 11.3 Å². The Bertz CT molecular complexity index is 1360. The maximum absolute atomic E-state index is 13.2. The fraction of sp³-hybridized carbons (Fsp3) is 0.360. The van der Waals surface area contributed by atoms with E-state index in [9.17, 15) is 19.1 Å². The molecule has 1 fully saturated rings.